The zero-order chi connectivity index (χ0) is 13.7. The normalized spacial score (nSPS) is 11.5. The number of fused-ring (bicyclic) bond motifs is 2. The minimum atomic E-state index is -0.248. The number of rotatable bonds is 1. The molecule has 20 heavy (non-hydrogen) atoms. The highest BCUT2D eigenvalue weighted by atomic mass is 19.1. The lowest BCUT2D eigenvalue weighted by molar-refractivity contribution is 0.620. The van der Waals surface area contributed by atoms with Gasteiger partial charge in [-0.25, -0.2) is 9.37 Å². The number of halogens is 1. The van der Waals surface area contributed by atoms with E-state index in [0.717, 1.165) is 22.1 Å². The Hall–Kier alpha value is -2.69. The van der Waals surface area contributed by atoms with Crippen LogP contribution in [0.15, 0.2) is 36.4 Å². The number of aryl methyl sites for hydroxylation is 1. The van der Waals surface area contributed by atoms with E-state index in [1.54, 1.807) is 13.0 Å². The number of nitrogens with zero attached hydrogens (tertiary/aromatic N) is 2. The highest BCUT2D eigenvalue weighted by Crippen LogP contribution is 2.27. The average molecular weight is 266 g/mol. The molecule has 0 saturated carbocycles. The largest absolute Gasteiger partial charge is 0.337 e. The quantitative estimate of drug-likeness (QED) is 0.553. The van der Waals surface area contributed by atoms with Crippen molar-refractivity contribution >= 4 is 21.9 Å². The van der Waals surface area contributed by atoms with Crippen LogP contribution in [-0.2, 0) is 0 Å². The standard InChI is InChI=1S/C15H11FN4/c1-8-10(16)6-7-12-13(8)18-15(17-12)14-9-4-2-3-5-11(9)19-20-14/h2-7H,1H3,(H,17,18)(H,19,20). The molecule has 0 radical (unpaired) electrons. The van der Waals surface area contributed by atoms with Gasteiger partial charge in [-0.2, -0.15) is 5.10 Å². The molecule has 0 spiro atoms. The molecular weight excluding hydrogens is 255 g/mol. The Kier molecular flexibility index (Phi) is 2.18. The van der Waals surface area contributed by atoms with E-state index in [1.165, 1.54) is 6.07 Å². The summed E-state index contributed by atoms with van der Waals surface area (Å²) in [6, 6.07) is 11.0. The first kappa shape index (κ1) is 11.2. The number of hydrogen-bond donors (Lipinski definition) is 2. The second-order valence-corrected chi connectivity index (χ2v) is 4.77. The van der Waals surface area contributed by atoms with Crippen molar-refractivity contribution < 1.29 is 4.39 Å². The molecule has 0 fully saturated rings. The van der Waals surface area contributed by atoms with Gasteiger partial charge < -0.3 is 4.98 Å². The third kappa shape index (κ3) is 1.46. The van der Waals surface area contributed by atoms with E-state index < -0.39 is 0 Å². The summed E-state index contributed by atoms with van der Waals surface area (Å²) >= 11 is 0. The fourth-order valence-electron chi connectivity index (χ4n) is 2.44. The first-order valence-electron chi connectivity index (χ1n) is 6.32. The van der Waals surface area contributed by atoms with Crippen molar-refractivity contribution in [2.24, 2.45) is 0 Å². The van der Waals surface area contributed by atoms with Crippen LogP contribution in [0.5, 0.6) is 0 Å². The molecule has 0 bridgehead atoms. The second-order valence-electron chi connectivity index (χ2n) is 4.77. The van der Waals surface area contributed by atoms with Gasteiger partial charge >= 0.3 is 0 Å². The lowest BCUT2D eigenvalue weighted by Gasteiger charge is -1.94. The highest BCUT2D eigenvalue weighted by molar-refractivity contribution is 5.93. The van der Waals surface area contributed by atoms with Gasteiger partial charge in [0.1, 0.15) is 11.5 Å². The van der Waals surface area contributed by atoms with E-state index in [9.17, 15) is 4.39 Å². The summed E-state index contributed by atoms with van der Waals surface area (Å²) in [6.45, 7) is 1.73. The maximum absolute atomic E-state index is 13.6. The Bertz CT molecular complexity index is 936. The summed E-state index contributed by atoms with van der Waals surface area (Å²) in [5, 5.41) is 8.26. The third-order valence-electron chi connectivity index (χ3n) is 3.54. The summed E-state index contributed by atoms with van der Waals surface area (Å²) in [6.07, 6.45) is 0. The topological polar surface area (TPSA) is 57.4 Å². The number of nitrogens with one attached hydrogen (secondary N) is 2. The zero-order valence-electron chi connectivity index (χ0n) is 10.7. The first-order chi connectivity index (χ1) is 9.74. The van der Waals surface area contributed by atoms with Crippen molar-refractivity contribution in [3.05, 3.63) is 47.8 Å². The molecule has 0 aliphatic rings. The third-order valence-corrected chi connectivity index (χ3v) is 3.54. The van der Waals surface area contributed by atoms with Gasteiger partial charge in [0.25, 0.3) is 0 Å². The van der Waals surface area contributed by atoms with Crippen LogP contribution in [0.4, 0.5) is 4.39 Å². The lowest BCUT2D eigenvalue weighted by Crippen LogP contribution is -1.83. The Balaban J connectivity index is 2.01. The molecule has 0 atom stereocenters. The average Bonchev–Trinajstić information content (AvgIpc) is 3.06. The molecule has 4 nitrogen and oxygen atoms in total. The molecular formula is C15H11FN4. The number of aromatic nitrogens is 4. The predicted molar refractivity (Wildman–Crippen MR) is 75.9 cm³/mol. The minimum Gasteiger partial charge on any atom is -0.337 e. The molecule has 0 amide bonds. The van der Waals surface area contributed by atoms with Crippen molar-refractivity contribution in [2.45, 2.75) is 6.92 Å². The van der Waals surface area contributed by atoms with Crippen molar-refractivity contribution in [1.82, 2.24) is 20.2 Å². The van der Waals surface area contributed by atoms with Crippen LogP contribution < -0.4 is 0 Å². The van der Waals surface area contributed by atoms with E-state index in [1.807, 2.05) is 24.3 Å². The molecule has 5 heteroatoms. The van der Waals surface area contributed by atoms with Crippen LogP contribution in [-0.4, -0.2) is 20.2 Å². The van der Waals surface area contributed by atoms with Gasteiger partial charge in [-0.15, -0.1) is 0 Å². The van der Waals surface area contributed by atoms with Crippen LogP contribution in [0.25, 0.3) is 33.5 Å². The van der Waals surface area contributed by atoms with Crippen LogP contribution in [0, 0.1) is 12.7 Å². The van der Waals surface area contributed by atoms with Crippen molar-refractivity contribution in [1.29, 1.82) is 0 Å². The van der Waals surface area contributed by atoms with Crippen LogP contribution in [0.1, 0.15) is 5.56 Å². The van der Waals surface area contributed by atoms with Gasteiger partial charge in [-0.05, 0) is 25.1 Å². The predicted octanol–water partition coefficient (Wildman–Crippen LogP) is 3.55. The monoisotopic (exact) mass is 266 g/mol. The maximum Gasteiger partial charge on any atom is 0.159 e. The van der Waals surface area contributed by atoms with Gasteiger partial charge in [-0.3, -0.25) is 5.10 Å². The van der Waals surface area contributed by atoms with E-state index in [2.05, 4.69) is 20.2 Å². The first-order valence-corrected chi connectivity index (χ1v) is 6.32. The summed E-state index contributed by atoms with van der Waals surface area (Å²) in [4.78, 5) is 7.69. The van der Waals surface area contributed by atoms with Gasteiger partial charge in [0.15, 0.2) is 5.82 Å². The summed E-state index contributed by atoms with van der Waals surface area (Å²) < 4.78 is 13.6. The number of benzene rings is 2. The zero-order valence-corrected chi connectivity index (χ0v) is 10.7. The molecule has 0 aliphatic heterocycles. The van der Waals surface area contributed by atoms with Gasteiger partial charge in [0.2, 0.25) is 0 Å². The number of H-pyrrole nitrogens is 2. The number of imidazole rings is 1. The molecule has 4 rings (SSSR count). The number of aromatic amines is 2. The van der Waals surface area contributed by atoms with Crippen molar-refractivity contribution in [3.8, 4) is 11.5 Å². The van der Waals surface area contributed by atoms with Crippen LogP contribution in [0.2, 0.25) is 0 Å². The van der Waals surface area contributed by atoms with Gasteiger partial charge in [0.05, 0.1) is 16.6 Å². The molecule has 2 N–H and O–H groups in total. The highest BCUT2D eigenvalue weighted by Gasteiger charge is 2.14. The second kappa shape index (κ2) is 3.90. The Morgan fingerprint density at radius 1 is 1.05 bits per heavy atom. The van der Waals surface area contributed by atoms with Crippen LogP contribution >= 0.6 is 0 Å². The van der Waals surface area contributed by atoms with E-state index >= 15 is 0 Å². The molecule has 2 aromatic heterocycles. The SMILES string of the molecule is Cc1c(F)ccc2[nH]c(-c3n[nH]c4ccccc34)nc12. The van der Waals surface area contributed by atoms with E-state index in [0.29, 0.717) is 16.9 Å². The lowest BCUT2D eigenvalue weighted by atomic mass is 10.2. The van der Waals surface area contributed by atoms with E-state index in [-0.39, 0.29) is 5.82 Å². The number of para-hydroxylation sites is 1. The van der Waals surface area contributed by atoms with Gasteiger partial charge in [0, 0.05) is 10.9 Å². The fraction of sp³-hybridized carbons (Fsp3) is 0.0667. The molecule has 0 unspecified atom stereocenters. The Morgan fingerprint density at radius 3 is 2.80 bits per heavy atom. The summed E-state index contributed by atoms with van der Waals surface area (Å²) in [5.41, 5.74) is 3.70. The smallest absolute Gasteiger partial charge is 0.159 e. The van der Waals surface area contributed by atoms with E-state index in [4.69, 9.17) is 0 Å². The maximum atomic E-state index is 13.6. The van der Waals surface area contributed by atoms with Crippen molar-refractivity contribution in [2.75, 3.05) is 0 Å². The fourth-order valence-corrected chi connectivity index (χ4v) is 2.44. The molecule has 4 aromatic rings. The summed E-state index contributed by atoms with van der Waals surface area (Å²) in [5.74, 6) is 0.397. The van der Waals surface area contributed by atoms with Crippen LogP contribution in [0.3, 0.4) is 0 Å². The van der Waals surface area contributed by atoms with Crippen molar-refractivity contribution in [3.63, 3.8) is 0 Å². The molecule has 0 aliphatic carbocycles. The number of hydrogen-bond acceptors (Lipinski definition) is 2. The Labute approximate surface area is 113 Å². The molecule has 2 aromatic carbocycles. The van der Waals surface area contributed by atoms with Gasteiger partial charge in [-0.1, -0.05) is 18.2 Å². The molecule has 2 heterocycles. The minimum absolute atomic E-state index is 0.248. The Morgan fingerprint density at radius 2 is 1.90 bits per heavy atom. The molecule has 98 valence electrons. The molecule has 0 saturated heterocycles. The summed E-state index contributed by atoms with van der Waals surface area (Å²) in [7, 11) is 0.